The highest BCUT2D eigenvalue weighted by molar-refractivity contribution is 6.33. The number of nitrogens with zero attached hydrogens (tertiary/aromatic N) is 2. The molecule has 1 aliphatic heterocycles. The number of carbonyl (C=O) groups is 1. The molecule has 0 aromatic carbocycles. The molecule has 0 saturated carbocycles. The van der Waals surface area contributed by atoms with Crippen molar-refractivity contribution < 1.29 is 4.79 Å². The quantitative estimate of drug-likeness (QED) is 0.635. The van der Waals surface area contributed by atoms with Crippen LogP contribution in [0, 0.1) is 5.41 Å². The van der Waals surface area contributed by atoms with Crippen molar-refractivity contribution in [2.75, 3.05) is 18.5 Å². The van der Waals surface area contributed by atoms with Gasteiger partial charge in [-0.2, -0.15) is 0 Å². The van der Waals surface area contributed by atoms with Gasteiger partial charge in [0.1, 0.15) is 11.5 Å². The molecule has 0 aliphatic carbocycles. The Kier molecular flexibility index (Phi) is 3.45. The van der Waals surface area contributed by atoms with Crippen molar-refractivity contribution in [2.45, 2.75) is 20.3 Å². The number of carbonyl (C=O) groups excluding carboxylic acids is 1. The monoisotopic (exact) mass is 268 g/mol. The van der Waals surface area contributed by atoms with E-state index < -0.39 is 0 Å². The SMILES string of the molecule is CC1(C)CCN(C(=O)c2nc(NN)ccc2Cl)C1. The molecule has 1 aromatic rings. The van der Waals surface area contributed by atoms with Crippen molar-refractivity contribution in [2.24, 2.45) is 11.3 Å². The molecule has 6 heteroatoms. The number of nitrogen functional groups attached to an aromatic ring is 1. The Morgan fingerprint density at radius 2 is 2.28 bits per heavy atom. The van der Waals surface area contributed by atoms with Gasteiger partial charge in [-0.1, -0.05) is 25.4 Å². The normalized spacial score (nSPS) is 17.9. The standard InChI is InChI=1S/C12H17ClN4O/c1-12(2)5-6-17(7-12)11(18)10-8(13)3-4-9(15-10)16-14/h3-4H,5-7,14H2,1-2H3,(H,15,16). The van der Waals surface area contributed by atoms with E-state index in [0.29, 0.717) is 10.8 Å². The summed E-state index contributed by atoms with van der Waals surface area (Å²) >= 11 is 6.02. The van der Waals surface area contributed by atoms with E-state index >= 15 is 0 Å². The highest BCUT2D eigenvalue weighted by Gasteiger charge is 2.33. The maximum absolute atomic E-state index is 12.3. The first-order chi connectivity index (χ1) is 8.43. The lowest BCUT2D eigenvalue weighted by atomic mass is 9.93. The molecule has 0 spiro atoms. The number of likely N-dealkylation sites (tertiary alicyclic amines) is 1. The zero-order valence-electron chi connectivity index (χ0n) is 10.5. The van der Waals surface area contributed by atoms with E-state index in [4.69, 9.17) is 17.4 Å². The molecule has 0 unspecified atom stereocenters. The lowest BCUT2D eigenvalue weighted by molar-refractivity contribution is 0.0773. The molecular formula is C12H17ClN4O. The minimum Gasteiger partial charge on any atom is -0.337 e. The first-order valence-electron chi connectivity index (χ1n) is 5.85. The van der Waals surface area contributed by atoms with Crippen LogP contribution in [0.5, 0.6) is 0 Å². The van der Waals surface area contributed by atoms with Crippen LogP contribution < -0.4 is 11.3 Å². The minimum atomic E-state index is -0.136. The van der Waals surface area contributed by atoms with Gasteiger partial charge in [0.25, 0.3) is 5.91 Å². The number of aromatic nitrogens is 1. The molecule has 5 nitrogen and oxygen atoms in total. The van der Waals surface area contributed by atoms with Crippen LogP contribution >= 0.6 is 11.6 Å². The van der Waals surface area contributed by atoms with Crippen molar-refractivity contribution in [3.8, 4) is 0 Å². The van der Waals surface area contributed by atoms with Gasteiger partial charge in [0.05, 0.1) is 5.02 Å². The summed E-state index contributed by atoms with van der Waals surface area (Å²) in [5.41, 5.74) is 2.83. The van der Waals surface area contributed by atoms with Gasteiger partial charge < -0.3 is 10.3 Å². The summed E-state index contributed by atoms with van der Waals surface area (Å²) in [6.45, 7) is 5.76. The molecule has 18 heavy (non-hydrogen) atoms. The Bertz CT molecular complexity index is 475. The maximum Gasteiger partial charge on any atom is 0.274 e. The summed E-state index contributed by atoms with van der Waals surface area (Å²) in [5.74, 6) is 5.58. The predicted molar refractivity (Wildman–Crippen MR) is 71.4 cm³/mol. The zero-order valence-corrected chi connectivity index (χ0v) is 11.3. The number of hydrogen-bond acceptors (Lipinski definition) is 4. The highest BCUT2D eigenvalue weighted by Crippen LogP contribution is 2.30. The highest BCUT2D eigenvalue weighted by atomic mass is 35.5. The van der Waals surface area contributed by atoms with Crippen molar-refractivity contribution in [1.82, 2.24) is 9.88 Å². The number of nitrogens with two attached hydrogens (primary N) is 1. The molecule has 2 heterocycles. The van der Waals surface area contributed by atoms with Gasteiger partial charge in [-0.15, -0.1) is 0 Å². The first-order valence-corrected chi connectivity index (χ1v) is 6.23. The van der Waals surface area contributed by atoms with Crippen molar-refractivity contribution in [3.05, 3.63) is 22.8 Å². The van der Waals surface area contributed by atoms with E-state index in [1.807, 2.05) is 0 Å². The third kappa shape index (κ3) is 2.57. The fourth-order valence-corrected chi connectivity index (χ4v) is 2.29. The number of hydrazine groups is 1. The maximum atomic E-state index is 12.3. The largest absolute Gasteiger partial charge is 0.337 e. The van der Waals surface area contributed by atoms with Gasteiger partial charge in [-0.25, -0.2) is 10.8 Å². The van der Waals surface area contributed by atoms with Crippen LogP contribution in [0.3, 0.4) is 0 Å². The molecule has 2 rings (SSSR count). The van der Waals surface area contributed by atoms with Crippen molar-refractivity contribution in [1.29, 1.82) is 0 Å². The van der Waals surface area contributed by atoms with E-state index in [0.717, 1.165) is 19.5 Å². The summed E-state index contributed by atoms with van der Waals surface area (Å²) in [5, 5.41) is 0.351. The van der Waals surface area contributed by atoms with E-state index in [-0.39, 0.29) is 17.0 Å². The summed E-state index contributed by atoms with van der Waals surface area (Å²) in [4.78, 5) is 18.2. The van der Waals surface area contributed by atoms with Crippen LogP contribution in [0.1, 0.15) is 30.8 Å². The second kappa shape index (κ2) is 4.74. The number of pyridine rings is 1. The molecule has 3 N–H and O–H groups in total. The third-order valence-electron chi connectivity index (χ3n) is 3.16. The number of halogens is 1. The minimum absolute atomic E-state index is 0.136. The summed E-state index contributed by atoms with van der Waals surface area (Å²) < 4.78 is 0. The lowest BCUT2D eigenvalue weighted by Gasteiger charge is -2.20. The predicted octanol–water partition coefficient (Wildman–Crippen LogP) is 1.89. The van der Waals surface area contributed by atoms with Gasteiger partial charge in [-0.3, -0.25) is 4.79 Å². The van der Waals surface area contributed by atoms with Crippen molar-refractivity contribution in [3.63, 3.8) is 0 Å². The van der Waals surface area contributed by atoms with Gasteiger partial charge in [0.15, 0.2) is 0 Å². The van der Waals surface area contributed by atoms with Gasteiger partial charge in [0.2, 0.25) is 0 Å². The Hall–Kier alpha value is -1.33. The zero-order chi connectivity index (χ0) is 13.3. The fourth-order valence-electron chi connectivity index (χ4n) is 2.11. The Labute approximate surface area is 111 Å². The van der Waals surface area contributed by atoms with Crippen LogP contribution in [-0.2, 0) is 0 Å². The first kappa shape index (κ1) is 13.1. The molecule has 1 fully saturated rings. The Morgan fingerprint density at radius 3 is 2.83 bits per heavy atom. The number of amides is 1. The van der Waals surface area contributed by atoms with Crippen molar-refractivity contribution >= 4 is 23.3 Å². The summed E-state index contributed by atoms with van der Waals surface area (Å²) in [6, 6.07) is 3.26. The molecule has 98 valence electrons. The third-order valence-corrected chi connectivity index (χ3v) is 3.47. The molecule has 1 aliphatic rings. The molecule has 1 amide bonds. The van der Waals surface area contributed by atoms with Crippen LogP contribution in [-0.4, -0.2) is 28.9 Å². The van der Waals surface area contributed by atoms with Crippen LogP contribution in [0.2, 0.25) is 5.02 Å². The fraction of sp³-hybridized carbons (Fsp3) is 0.500. The topological polar surface area (TPSA) is 71.2 Å². The molecular weight excluding hydrogens is 252 g/mol. The molecule has 1 saturated heterocycles. The Morgan fingerprint density at radius 1 is 1.56 bits per heavy atom. The average Bonchev–Trinajstić information content (AvgIpc) is 2.69. The summed E-state index contributed by atoms with van der Waals surface area (Å²) in [7, 11) is 0. The van der Waals surface area contributed by atoms with E-state index in [1.165, 1.54) is 0 Å². The second-order valence-corrected chi connectivity index (χ2v) is 5.72. The smallest absolute Gasteiger partial charge is 0.274 e. The van der Waals surface area contributed by atoms with Gasteiger partial charge >= 0.3 is 0 Å². The van der Waals surface area contributed by atoms with Crippen LogP contribution in [0.4, 0.5) is 5.82 Å². The van der Waals surface area contributed by atoms with E-state index in [1.54, 1.807) is 17.0 Å². The van der Waals surface area contributed by atoms with E-state index in [2.05, 4.69) is 24.3 Å². The number of nitrogens with one attached hydrogen (secondary N) is 1. The van der Waals surface area contributed by atoms with Gasteiger partial charge in [0, 0.05) is 13.1 Å². The van der Waals surface area contributed by atoms with Crippen LogP contribution in [0.25, 0.3) is 0 Å². The molecule has 1 aromatic heterocycles. The van der Waals surface area contributed by atoms with Crippen LogP contribution in [0.15, 0.2) is 12.1 Å². The number of anilines is 1. The Balaban J connectivity index is 2.24. The van der Waals surface area contributed by atoms with E-state index in [9.17, 15) is 4.79 Å². The summed E-state index contributed by atoms with van der Waals surface area (Å²) in [6.07, 6.45) is 0.991. The molecule has 0 bridgehead atoms. The number of hydrogen-bond donors (Lipinski definition) is 2. The van der Waals surface area contributed by atoms with Gasteiger partial charge in [-0.05, 0) is 24.0 Å². The molecule has 0 radical (unpaired) electrons. The number of rotatable bonds is 2. The molecule has 0 atom stereocenters. The second-order valence-electron chi connectivity index (χ2n) is 5.31. The lowest BCUT2D eigenvalue weighted by Crippen LogP contribution is -2.31. The average molecular weight is 269 g/mol.